The lowest BCUT2D eigenvalue weighted by Gasteiger charge is -2.08. The maximum absolute atomic E-state index is 4.12. The molecule has 0 spiro atoms. The molecule has 0 amide bonds. The van der Waals surface area contributed by atoms with E-state index in [9.17, 15) is 0 Å². The largest absolute Gasteiger partial charge is 0.262 e. The van der Waals surface area contributed by atoms with Crippen molar-refractivity contribution in [3.05, 3.63) is 65.6 Å². The summed E-state index contributed by atoms with van der Waals surface area (Å²) >= 11 is 5.90. The van der Waals surface area contributed by atoms with Crippen molar-refractivity contribution in [3.8, 4) is 11.1 Å². The third-order valence-corrected chi connectivity index (χ3v) is 4.63. The van der Waals surface area contributed by atoms with Crippen LogP contribution in [-0.2, 0) is 6.54 Å². The van der Waals surface area contributed by atoms with Crippen molar-refractivity contribution >= 4 is 40.3 Å². The highest BCUT2D eigenvalue weighted by atomic mass is 32.1. The van der Waals surface area contributed by atoms with Crippen molar-refractivity contribution in [1.82, 2.24) is 4.72 Å². The lowest BCUT2D eigenvalue weighted by atomic mass is 9.98. The predicted octanol–water partition coefficient (Wildman–Crippen LogP) is 5.15. The van der Waals surface area contributed by atoms with Crippen LogP contribution < -0.4 is 4.72 Å². The van der Waals surface area contributed by atoms with Gasteiger partial charge in [-0.15, -0.1) is 11.3 Å². The Morgan fingerprint density at radius 3 is 2.75 bits per heavy atom. The molecule has 0 aliphatic carbocycles. The van der Waals surface area contributed by atoms with E-state index >= 15 is 0 Å². The fourth-order valence-corrected chi connectivity index (χ4v) is 3.72. The normalized spacial score (nSPS) is 10.8. The molecule has 0 saturated carbocycles. The van der Waals surface area contributed by atoms with E-state index in [2.05, 4.69) is 72.0 Å². The van der Waals surface area contributed by atoms with Crippen LogP contribution in [0.3, 0.4) is 0 Å². The van der Waals surface area contributed by atoms with Crippen molar-refractivity contribution < 1.29 is 0 Å². The molecule has 0 unspecified atom stereocenters. The second-order valence-electron chi connectivity index (χ2n) is 4.57. The Kier molecular flexibility index (Phi) is 3.92. The minimum absolute atomic E-state index is 0.748. The highest BCUT2D eigenvalue weighted by Crippen LogP contribution is 2.37. The minimum Gasteiger partial charge on any atom is -0.262 e. The molecule has 3 heteroatoms. The number of benzene rings is 2. The average Bonchev–Trinajstić information content (AvgIpc) is 2.92. The monoisotopic (exact) mass is 297 g/mol. The van der Waals surface area contributed by atoms with Gasteiger partial charge < -0.3 is 0 Å². The lowest BCUT2D eigenvalue weighted by Crippen LogP contribution is -2.00. The van der Waals surface area contributed by atoms with Crippen molar-refractivity contribution in [2.24, 2.45) is 0 Å². The number of hydrogen-bond acceptors (Lipinski definition) is 3. The molecule has 0 atom stereocenters. The molecule has 1 heterocycles. The van der Waals surface area contributed by atoms with Gasteiger partial charge in [-0.1, -0.05) is 67.9 Å². The zero-order valence-electron chi connectivity index (χ0n) is 11.0. The highest BCUT2D eigenvalue weighted by Gasteiger charge is 2.11. The van der Waals surface area contributed by atoms with E-state index in [1.807, 2.05) is 6.08 Å². The minimum atomic E-state index is 0.748. The van der Waals surface area contributed by atoms with E-state index in [0.29, 0.717) is 0 Å². The highest BCUT2D eigenvalue weighted by molar-refractivity contribution is 7.78. The first-order valence-electron chi connectivity index (χ1n) is 6.43. The number of hydrogen-bond donors (Lipinski definition) is 2. The van der Waals surface area contributed by atoms with E-state index in [1.54, 1.807) is 11.3 Å². The number of rotatable bonds is 4. The summed E-state index contributed by atoms with van der Waals surface area (Å²) in [6, 6.07) is 14.8. The summed E-state index contributed by atoms with van der Waals surface area (Å²) in [4.78, 5) is 0. The van der Waals surface area contributed by atoms with Gasteiger partial charge in [0.25, 0.3) is 0 Å². The first-order valence-corrected chi connectivity index (χ1v) is 7.75. The molecule has 3 rings (SSSR count). The van der Waals surface area contributed by atoms with Crippen LogP contribution in [0, 0.1) is 0 Å². The quantitative estimate of drug-likeness (QED) is 0.635. The molecule has 0 bridgehead atoms. The molecule has 0 fully saturated rings. The molecule has 1 aromatic heterocycles. The third-order valence-electron chi connectivity index (χ3n) is 3.43. The molecule has 0 saturated heterocycles. The van der Waals surface area contributed by atoms with Crippen LogP contribution in [-0.4, -0.2) is 0 Å². The summed E-state index contributed by atoms with van der Waals surface area (Å²) in [5.41, 5.74) is 5.00. The summed E-state index contributed by atoms with van der Waals surface area (Å²) in [6.45, 7) is 4.64. The second kappa shape index (κ2) is 5.83. The molecule has 0 radical (unpaired) electrons. The van der Waals surface area contributed by atoms with Crippen LogP contribution in [0.1, 0.15) is 11.1 Å². The van der Waals surface area contributed by atoms with Gasteiger partial charge in [-0.2, -0.15) is 0 Å². The van der Waals surface area contributed by atoms with Gasteiger partial charge in [-0.05, 0) is 22.1 Å². The molecule has 100 valence electrons. The van der Waals surface area contributed by atoms with Gasteiger partial charge in [0.1, 0.15) is 0 Å². The number of fused-ring (bicyclic) bond motifs is 1. The van der Waals surface area contributed by atoms with Gasteiger partial charge in [0.15, 0.2) is 0 Å². The molecular formula is C17H15NS2. The Hall–Kier alpha value is -1.55. The van der Waals surface area contributed by atoms with E-state index < -0.39 is 0 Å². The SMILES string of the molecule is C=Cc1cccc2c(-c3ccccc3CNS)csc12. The Morgan fingerprint density at radius 1 is 1.10 bits per heavy atom. The summed E-state index contributed by atoms with van der Waals surface area (Å²) in [5, 5.41) is 3.52. The Morgan fingerprint density at radius 2 is 1.95 bits per heavy atom. The van der Waals surface area contributed by atoms with Crippen molar-refractivity contribution in [3.63, 3.8) is 0 Å². The van der Waals surface area contributed by atoms with Crippen LogP contribution in [0.2, 0.25) is 0 Å². The van der Waals surface area contributed by atoms with Gasteiger partial charge in [0, 0.05) is 22.2 Å². The van der Waals surface area contributed by atoms with E-state index in [0.717, 1.165) is 6.54 Å². The summed E-state index contributed by atoms with van der Waals surface area (Å²) in [5.74, 6) is 0. The third kappa shape index (κ3) is 2.29. The van der Waals surface area contributed by atoms with E-state index in [4.69, 9.17) is 0 Å². The zero-order chi connectivity index (χ0) is 13.9. The predicted molar refractivity (Wildman–Crippen MR) is 93.2 cm³/mol. The summed E-state index contributed by atoms with van der Waals surface area (Å²) < 4.78 is 4.24. The fourth-order valence-electron chi connectivity index (χ4n) is 2.47. The van der Waals surface area contributed by atoms with Gasteiger partial charge in [-0.3, -0.25) is 4.72 Å². The van der Waals surface area contributed by atoms with Crippen LogP contribution in [0.5, 0.6) is 0 Å². The standard InChI is InChI=1S/C17H15NS2/c1-2-12-7-5-9-15-16(11-20-17(12)15)14-8-4-3-6-13(14)10-18-19/h2-9,11,18-19H,1,10H2. The van der Waals surface area contributed by atoms with Gasteiger partial charge in [-0.25, -0.2) is 0 Å². The van der Waals surface area contributed by atoms with Crippen molar-refractivity contribution in [2.75, 3.05) is 0 Å². The number of nitrogens with one attached hydrogen (secondary N) is 1. The Balaban J connectivity index is 2.23. The second-order valence-corrected chi connectivity index (χ2v) is 5.77. The topological polar surface area (TPSA) is 12.0 Å². The molecule has 2 aromatic carbocycles. The molecule has 20 heavy (non-hydrogen) atoms. The molecule has 0 aliphatic rings. The Labute approximate surface area is 128 Å². The van der Waals surface area contributed by atoms with Gasteiger partial charge in [0.05, 0.1) is 0 Å². The van der Waals surface area contributed by atoms with Crippen LogP contribution in [0.25, 0.3) is 27.3 Å². The summed E-state index contributed by atoms with van der Waals surface area (Å²) in [7, 11) is 0. The molecule has 1 N–H and O–H groups in total. The average molecular weight is 297 g/mol. The first kappa shape index (κ1) is 13.4. The maximum Gasteiger partial charge on any atom is 0.0421 e. The molecule has 0 aliphatic heterocycles. The Bertz CT molecular complexity index is 759. The molecular weight excluding hydrogens is 282 g/mol. The summed E-state index contributed by atoms with van der Waals surface area (Å²) in [6.07, 6.45) is 1.92. The number of thiol groups is 1. The van der Waals surface area contributed by atoms with Gasteiger partial charge in [0.2, 0.25) is 0 Å². The molecule has 3 aromatic rings. The number of thiophene rings is 1. The van der Waals surface area contributed by atoms with Crippen molar-refractivity contribution in [2.45, 2.75) is 6.54 Å². The van der Waals surface area contributed by atoms with Crippen LogP contribution in [0.15, 0.2) is 54.4 Å². The van der Waals surface area contributed by atoms with Crippen molar-refractivity contribution in [1.29, 1.82) is 0 Å². The maximum atomic E-state index is 4.12. The zero-order valence-corrected chi connectivity index (χ0v) is 12.7. The fraction of sp³-hybridized carbons (Fsp3) is 0.0588. The van der Waals surface area contributed by atoms with E-state index in [1.165, 1.54) is 32.3 Å². The first-order chi connectivity index (χ1) is 9.85. The molecule has 1 nitrogen and oxygen atoms in total. The lowest BCUT2D eigenvalue weighted by molar-refractivity contribution is 0.988. The van der Waals surface area contributed by atoms with Gasteiger partial charge >= 0.3 is 0 Å². The van der Waals surface area contributed by atoms with E-state index in [-0.39, 0.29) is 0 Å². The van der Waals surface area contributed by atoms with Crippen LogP contribution >= 0.6 is 24.2 Å². The van der Waals surface area contributed by atoms with Crippen LogP contribution in [0.4, 0.5) is 0 Å². The smallest absolute Gasteiger partial charge is 0.0421 e.